The Bertz CT molecular complexity index is 2150. The predicted molar refractivity (Wildman–Crippen MR) is 162 cm³/mol. The Kier molecular flexibility index (Phi) is 7.30. The van der Waals surface area contributed by atoms with E-state index in [1.807, 2.05) is 0 Å². The lowest BCUT2D eigenvalue weighted by atomic mass is 10.1. The number of carboxylic acids is 1. The van der Waals surface area contributed by atoms with Crippen LogP contribution >= 0.6 is 0 Å². The van der Waals surface area contributed by atoms with E-state index >= 15 is 0 Å². The smallest absolute Gasteiger partial charge is 0.335 e. The molecular weight excluding hydrogens is 568 g/mol. The lowest BCUT2D eigenvalue weighted by Crippen LogP contribution is -2.20. The van der Waals surface area contributed by atoms with E-state index < -0.39 is 16.5 Å². The molecule has 0 unspecified atom stereocenters. The van der Waals surface area contributed by atoms with Gasteiger partial charge in [-0.15, -0.1) is 0 Å². The molecule has 12 heteroatoms. The van der Waals surface area contributed by atoms with Gasteiger partial charge in [0.05, 0.1) is 40.1 Å². The molecule has 12 nitrogen and oxygen atoms in total. The number of methoxy groups -OCH3 is 1. The lowest BCUT2D eigenvalue weighted by molar-refractivity contribution is -0.385. The summed E-state index contributed by atoms with van der Waals surface area (Å²) in [5.74, 6) is -0.222. The van der Waals surface area contributed by atoms with Crippen molar-refractivity contribution in [2.75, 3.05) is 7.11 Å². The Balaban J connectivity index is 1.45. The van der Waals surface area contributed by atoms with Crippen LogP contribution in [0.4, 0.5) is 5.69 Å². The van der Waals surface area contributed by atoms with Crippen molar-refractivity contribution in [3.05, 3.63) is 128 Å². The van der Waals surface area contributed by atoms with Gasteiger partial charge in [-0.1, -0.05) is 36.4 Å². The molecule has 0 amide bonds. The van der Waals surface area contributed by atoms with Gasteiger partial charge in [0.1, 0.15) is 17.9 Å². The molecule has 0 aliphatic carbocycles. The van der Waals surface area contributed by atoms with Gasteiger partial charge in [0.2, 0.25) is 11.6 Å². The minimum absolute atomic E-state index is 0.0830. The molecule has 218 valence electrons. The quantitative estimate of drug-likeness (QED) is 0.123. The summed E-state index contributed by atoms with van der Waals surface area (Å²) in [5, 5.41) is 26.4. The van der Waals surface area contributed by atoms with Crippen LogP contribution in [0.25, 0.3) is 33.5 Å². The zero-order valence-electron chi connectivity index (χ0n) is 23.0. The number of nitrogens with zero attached hydrogens (tertiary/aromatic N) is 4. The minimum Gasteiger partial charge on any atom is -0.496 e. The summed E-state index contributed by atoms with van der Waals surface area (Å²) in [6.07, 6.45) is 1.28. The normalized spacial score (nSPS) is 11.3. The highest BCUT2D eigenvalue weighted by molar-refractivity contribution is 5.89. The zero-order valence-corrected chi connectivity index (χ0v) is 23.0. The molecule has 0 fully saturated rings. The number of aromatic carboxylic acids is 1. The molecule has 1 N–H and O–H groups in total. The van der Waals surface area contributed by atoms with Crippen molar-refractivity contribution < 1.29 is 28.7 Å². The Hall–Kier alpha value is -6.30. The first-order chi connectivity index (χ1) is 21.3. The maximum atomic E-state index is 13.7. The fraction of sp³-hybridized carbons (Fsp3) is 0.0625. The number of para-hydroxylation sites is 2. The summed E-state index contributed by atoms with van der Waals surface area (Å²) in [5.41, 5.74) is 1.06. The fourth-order valence-electron chi connectivity index (χ4n) is 4.68. The summed E-state index contributed by atoms with van der Waals surface area (Å²) in [6.45, 7) is -0.0882. The highest BCUT2D eigenvalue weighted by Gasteiger charge is 2.21. The number of nitro benzene ring substituents is 1. The number of hydrogen-bond donors (Lipinski definition) is 1. The van der Waals surface area contributed by atoms with Crippen molar-refractivity contribution in [3.63, 3.8) is 0 Å². The number of carboxylic acid groups (broad SMARTS) is 1. The third kappa shape index (κ3) is 5.23. The second-order valence-electron chi connectivity index (χ2n) is 9.54. The summed E-state index contributed by atoms with van der Waals surface area (Å²) in [4.78, 5) is 40.8. The van der Waals surface area contributed by atoms with Crippen LogP contribution in [0.3, 0.4) is 0 Å². The summed E-state index contributed by atoms with van der Waals surface area (Å²) < 4.78 is 18.4. The number of benzene rings is 4. The Labute approximate surface area is 248 Å². The van der Waals surface area contributed by atoms with E-state index in [4.69, 9.17) is 19.0 Å². The van der Waals surface area contributed by atoms with Crippen molar-refractivity contribution in [3.8, 4) is 23.1 Å². The van der Waals surface area contributed by atoms with Crippen molar-refractivity contribution in [1.82, 2.24) is 9.66 Å². The molecule has 44 heavy (non-hydrogen) atoms. The molecule has 4 aromatic carbocycles. The Morgan fingerprint density at radius 2 is 1.82 bits per heavy atom. The van der Waals surface area contributed by atoms with Gasteiger partial charge in [-0.05, 0) is 54.1 Å². The number of aromatic nitrogens is 2. The van der Waals surface area contributed by atoms with E-state index in [1.165, 1.54) is 30.5 Å². The molecule has 0 saturated carbocycles. The maximum absolute atomic E-state index is 13.7. The van der Waals surface area contributed by atoms with Gasteiger partial charge in [0.15, 0.2) is 5.76 Å². The number of rotatable bonds is 9. The molecule has 0 spiro atoms. The van der Waals surface area contributed by atoms with Gasteiger partial charge in [0, 0.05) is 11.6 Å². The van der Waals surface area contributed by atoms with Gasteiger partial charge in [-0.3, -0.25) is 14.9 Å². The van der Waals surface area contributed by atoms with Crippen LogP contribution < -0.4 is 15.0 Å². The zero-order chi connectivity index (χ0) is 30.8. The second kappa shape index (κ2) is 11.5. The number of hydrogen-bond acceptors (Lipinski definition) is 9. The van der Waals surface area contributed by atoms with Crippen LogP contribution in [0.15, 0.2) is 105 Å². The number of carbonyl (C=O) groups is 1. The summed E-state index contributed by atoms with van der Waals surface area (Å²) in [6, 6.07) is 24.1. The van der Waals surface area contributed by atoms with Gasteiger partial charge in [0.25, 0.3) is 5.56 Å². The second-order valence-corrected chi connectivity index (χ2v) is 9.54. The standard InChI is InChI=1S/C32H22N4O8/c1-42-26-10-5-11-27-23(26)16-28(44-27)30-34-24-8-3-2-7-22(24)31(37)35(30)33-17-21-6-4-9-25(36(40)41)29(21)43-18-19-12-14-20(15-13-19)32(38)39/h2-17H,18H2,1H3,(H,38,39). The predicted octanol–water partition coefficient (Wildman–Crippen LogP) is 5.89. The SMILES string of the molecule is COc1cccc2oc(-c3nc4ccccc4c(=O)n3N=Cc3cccc([N+](=O)[O-])c3OCc3ccc(C(=O)O)cc3)cc12. The summed E-state index contributed by atoms with van der Waals surface area (Å²) in [7, 11) is 1.54. The van der Waals surface area contributed by atoms with E-state index in [0.29, 0.717) is 33.2 Å². The average molecular weight is 591 g/mol. The molecular formula is C32H22N4O8. The van der Waals surface area contributed by atoms with E-state index in [-0.39, 0.29) is 40.8 Å². The van der Waals surface area contributed by atoms with E-state index in [1.54, 1.807) is 73.8 Å². The summed E-state index contributed by atoms with van der Waals surface area (Å²) >= 11 is 0. The molecule has 0 atom stereocenters. The molecule has 2 aromatic heterocycles. The monoisotopic (exact) mass is 590 g/mol. The Morgan fingerprint density at radius 1 is 1.05 bits per heavy atom. The van der Waals surface area contributed by atoms with Gasteiger partial charge in [-0.25, -0.2) is 9.78 Å². The van der Waals surface area contributed by atoms with Crippen molar-refractivity contribution in [2.24, 2.45) is 5.10 Å². The fourth-order valence-corrected chi connectivity index (χ4v) is 4.68. The molecule has 2 heterocycles. The maximum Gasteiger partial charge on any atom is 0.335 e. The van der Waals surface area contributed by atoms with Crippen LogP contribution in [0.5, 0.6) is 11.5 Å². The van der Waals surface area contributed by atoms with Gasteiger partial charge < -0.3 is 19.0 Å². The molecule has 0 aliphatic heterocycles. The molecule has 6 rings (SSSR count). The highest BCUT2D eigenvalue weighted by atomic mass is 16.6. The van der Waals surface area contributed by atoms with Gasteiger partial charge >= 0.3 is 11.7 Å². The Morgan fingerprint density at radius 3 is 2.57 bits per heavy atom. The van der Waals surface area contributed by atoms with E-state index in [0.717, 1.165) is 4.68 Å². The van der Waals surface area contributed by atoms with Crippen LogP contribution in [0.2, 0.25) is 0 Å². The number of nitro groups is 1. The number of ether oxygens (including phenoxy) is 2. The first-order valence-corrected chi connectivity index (χ1v) is 13.2. The largest absolute Gasteiger partial charge is 0.496 e. The molecule has 0 bridgehead atoms. The van der Waals surface area contributed by atoms with Crippen LogP contribution in [0.1, 0.15) is 21.5 Å². The van der Waals surface area contributed by atoms with Crippen molar-refractivity contribution in [2.45, 2.75) is 6.61 Å². The average Bonchev–Trinajstić information content (AvgIpc) is 3.48. The number of furan rings is 1. The van der Waals surface area contributed by atoms with E-state index in [2.05, 4.69) is 10.1 Å². The topological polar surface area (TPSA) is 159 Å². The highest BCUT2D eigenvalue weighted by Crippen LogP contribution is 2.34. The van der Waals surface area contributed by atoms with Crippen molar-refractivity contribution in [1.29, 1.82) is 0 Å². The van der Waals surface area contributed by atoms with Gasteiger partial charge in [-0.2, -0.15) is 9.78 Å². The third-order valence-corrected chi connectivity index (χ3v) is 6.83. The van der Waals surface area contributed by atoms with Crippen LogP contribution in [-0.2, 0) is 6.61 Å². The first kappa shape index (κ1) is 27.8. The van der Waals surface area contributed by atoms with Crippen LogP contribution in [-0.4, -0.2) is 39.0 Å². The van der Waals surface area contributed by atoms with Crippen LogP contribution in [0, 0.1) is 10.1 Å². The lowest BCUT2D eigenvalue weighted by Gasteiger charge is -2.11. The number of fused-ring (bicyclic) bond motifs is 2. The molecule has 0 aliphatic rings. The third-order valence-electron chi connectivity index (χ3n) is 6.83. The molecule has 0 radical (unpaired) electrons. The van der Waals surface area contributed by atoms with E-state index in [9.17, 15) is 19.7 Å². The van der Waals surface area contributed by atoms with Crippen molar-refractivity contribution >= 4 is 39.7 Å². The molecule has 6 aromatic rings. The first-order valence-electron chi connectivity index (χ1n) is 13.2. The minimum atomic E-state index is -1.07. The molecule has 0 saturated heterocycles.